The van der Waals surface area contributed by atoms with Crippen molar-refractivity contribution >= 4 is 21.7 Å². The summed E-state index contributed by atoms with van der Waals surface area (Å²) in [7, 11) is -2.57. The second kappa shape index (κ2) is 8.00. The van der Waals surface area contributed by atoms with Crippen LogP contribution in [0.15, 0.2) is 47.4 Å². The van der Waals surface area contributed by atoms with Crippen LogP contribution in [0.4, 0.5) is 5.69 Å². The summed E-state index contributed by atoms with van der Waals surface area (Å²) in [5, 5.41) is 12.5. The van der Waals surface area contributed by atoms with Crippen LogP contribution in [-0.2, 0) is 10.0 Å². The molecule has 0 aliphatic carbocycles. The molecule has 0 fully saturated rings. The van der Waals surface area contributed by atoms with Crippen molar-refractivity contribution in [3.8, 4) is 11.5 Å². The Bertz CT molecular complexity index is 851. The summed E-state index contributed by atoms with van der Waals surface area (Å²) in [6.07, 6.45) is 0.764. The second-order valence-electron chi connectivity index (χ2n) is 5.20. The first-order valence-electron chi connectivity index (χ1n) is 7.70. The molecule has 0 unspecified atom stereocenters. The predicted octanol–water partition coefficient (Wildman–Crippen LogP) is 2.91. The molecule has 0 aromatic heterocycles. The molecule has 7 nitrogen and oxygen atoms in total. The van der Waals surface area contributed by atoms with Crippen LogP contribution < -0.4 is 14.8 Å². The van der Waals surface area contributed by atoms with Crippen molar-refractivity contribution in [1.29, 1.82) is 0 Å². The standard InChI is InChI=1S/C17H20N2O5S/c1-3-9-19-16-14(17(20)21)10-13(25(22,23)18-2)11-15(16)24-12-7-5-4-6-8-12/h4-8,10-11,18-19H,3,9H2,1-2H3,(H,20,21). The van der Waals surface area contributed by atoms with E-state index >= 15 is 0 Å². The van der Waals surface area contributed by atoms with Gasteiger partial charge >= 0.3 is 5.97 Å². The van der Waals surface area contributed by atoms with Gasteiger partial charge in [-0.1, -0.05) is 25.1 Å². The molecule has 0 spiro atoms. The van der Waals surface area contributed by atoms with Gasteiger partial charge in [0.15, 0.2) is 5.75 Å². The Morgan fingerprint density at radius 1 is 1.20 bits per heavy atom. The summed E-state index contributed by atoms with van der Waals surface area (Å²) >= 11 is 0. The summed E-state index contributed by atoms with van der Waals surface area (Å²) < 4.78 is 32.2. The zero-order valence-corrected chi connectivity index (χ0v) is 14.8. The van der Waals surface area contributed by atoms with Crippen molar-refractivity contribution in [1.82, 2.24) is 4.72 Å². The van der Waals surface area contributed by atoms with Crippen LogP contribution in [0.25, 0.3) is 0 Å². The summed E-state index contributed by atoms with van der Waals surface area (Å²) in [6, 6.07) is 11.2. The molecule has 2 aromatic carbocycles. The third-order valence-corrected chi connectivity index (χ3v) is 4.80. The Labute approximate surface area is 146 Å². The van der Waals surface area contributed by atoms with E-state index in [9.17, 15) is 18.3 Å². The van der Waals surface area contributed by atoms with Crippen LogP contribution in [0.5, 0.6) is 11.5 Å². The van der Waals surface area contributed by atoms with Gasteiger partial charge in [-0.3, -0.25) is 0 Å². The summed E-state index contributed by atoms with van der Waals surface area (Å²) in [6.45, 7) is 2.45. The SMILES string of the molecule is CCCNc1c(Oc2ccccc2)cc(S(=O)(=O)NC)cc1C(=O)O. The number of carbonyl (C=O) groups is 1. The van der Waals surface area contributed by atoms with Gasteiger partial charge in [0.1, 0.15) is 5.75 Å². The number of para-hydroxylation sites is 1. The van der Waals surface area contributed by atoms with Gasteiger partial charge in [-0.05, 0) is 31.7 Å². The quantitative estimate of drug-likeness (QED) is 0.665. The fourth-order valence-corrected chi connectivity index (χ4v) is 2.93. The van der Waals surface area contributed by atoms with Crippen LogP contribution >= 0.6 is 0 Å². The zero-order chi connectivity index (χ0) is 18.4. The van der Waals surface area contributed by atoms with Crippen molar-refractivity contribution in [3.05, 3.63) is 48.0 Å². The third-order valence-electron chi connectivity index (χ3n) is 3.41. The lowest BCUT2D eigenvalue weighted by molar-refractivity contribution is 0.0697. The summed E-state index contributed by atoms with van der Waals surface area (Å²) in [5.41, 5.74) is 0.0731. The van der Waals surface area contributed by atoms with E-state index in [2.05, 4.69) is 10.0 Å². The molecule has 0 aliphatic heterocycles. The average molecular weight is 364 g/mol. The van der Waals surface area contributed by atoms with E-state index in [1.165, 1.54) is 13.1 Å². The molecule has 134 valence electrons. The molecule has 0 saturated carbocycles. The highest BCUT2D eigenvalue weighted by atomic mass is 32.2. The lowest BCUT2D eigenvalue weighted by atomic mass is 10.1. The molecular formula is C17H20N2O5S. The number of hydrogen-bond acceptors (Lipinski definition) is 5. The van der Waals surface area contributed by atoms with Crippen molar-refractivity contribution in [2.24, 2.45) is 0 Å². The number of ether oxygens (including phenoxy) is 1. The van der Waals surface area contributed by atoms with Crippen molar-refractivity contribution in [2.75, 3.05) is 18.9 Å². The van der Waals surface area contributed by atoms with Crippen LogP contribution in [0.1, 0.15) is 23.7 Å². The van der Waals surface area contributed by atoms with Crippen LogP contribution in [0.3, 0.4) is 0 Å². The molecule has 8 heteroatoms. The Balaban J connectivity index is 2.64. The third kappa shape index (κ3) is 4.49. The number of sulfonamides is 1. The van der Waals surface area contributed by atoms with Gasteiger partial charge < -0.3 is 15.2 Å². The molecule has 25 heavy (non-hydrogen) atoms. The lowest BCUT2D eigenvalue weighted by Gasteiger charge is -2.17. The van der Waals surface area contributed by atoms with E-state index in [-0.39, 0.29) is 21.9 Å². The summed E-state index contributed by atoms with van der Waals surface area (Å²) in [5.74, 6) is -0.643. The number of aromatic carboxylic acids is 1. The molecule has 0 aliphatic rings. The monoisotopic (exact) mass is 364 g/mol. The number of anilines is 1. The minimum absolute atomic E-state index is 0.133. The topological polar surface area (TPSA) is 105 Å². The van der Waals surface area contributed by atoms with E-state index in [1.54, 1.807) is 24.3 Å². The highest BCUT2D eigenvalue weighted by molar-refractivity contribution is 7.89. The second-order valence-corrected chi connectivity index (χ2v) is 7.09. The minimum Gasteiger partial charge on any atom is -0.478 e. The fourth-order valence-electron chi connectivity index (χ4n) is 2.16. The normalized spacial score (nSPS) is 11.1. The van der Waals surface area contributed by atoms with Gasteiger partial charge in [0.25, 0.3) is 0 Å². The van der Waals surface area contributed by atoms with Crippen molar-refractivity contribution in [2.45, 2.75) is 18.2 Å². The highest BCUT2D eigenvalue weighted by Gasteiger charge is 2.22. The Morgan fingerprint density at radius 3 is 2.44 bits per heavy atom. The minimum atomic E-state index is -3.83. The Hall–Kier alpha value is -2.58. The molecular weight excluding hydrogens is 344 g/mol. The average Bonchev–Trinajstić information content (AvgIpc) is 2.60. The van der Waals surface area contributed by atoms with Crippen molar-refractivity contribution in [3.63, 3.8) is 0 Å². The number of nitrogens with one attached hydrogen (secondary N) is 2. The smallest absolute Gasteiger partial charge is 0.337 e. The maximum Gasteiger partial charge on any atom is 0.337 e. The van der Waals surface area contributed by atoms with Crippen LogP contribution in [-0.4, -0.2) is 33.1 Å². The maximum absolute atomic E-state index is 12.1. The van der Waals surface area contributed by atoms with E-state index in [1.807, 2.05) is 13.0 Å². The van der Waals surface area contributed by atoms with Crippen LogP contribution in [0.2, 0.25) is 0 Å². The number of carboxylic acid groups (broad SMARTS) is 1. The van der Waals surface area contributed by atoms with Gasteiger partial charge in [0.05, 0.1) is 16.1 Å². The molecule has 0 radical (unpaired) electrons. The number of carboxylic acids is 1. The van der Waals surface area contributed by atoms with Gasteiger partial charge in [0, 0.05) is 12.6 Å². The fraction of sp³-hybridized carbons (Fsp3) is 0.235. The van der Waals surface area contributed by atoms with E-state index in [0.29, 0.717) is 12.3 Å². The first kappa shape index (κ1) is 18.8. The maximum atomic E-state index is 12.1. The van der Waals surface area contributed by atoms with E-state index < -0.39 is 16.0 Å². The molecule has 2 aromatic rings. The molecule has 3 N–H and O–H groups in total. The molecule has 0 atom stereocenters. The molecule has 2 rings (SSSR count). The highest BCUT2D eigenvalue weighted by Crippen LogP contribution is 2.35. The summed E-state index contributed by atoms with van der Waals surface area (Å²) in [4.78, 5) is 11.5. The van der Waals surface area contributed by atoms with E-state index in [0.717, 1.165) is 12.5 Å². The first-order valence-corrected chi connectivity index (χ1v) is 9.19. The molecule has 0 bridgehead atoms. The largest absolute Gasteiger partial charge is 0.478 e. The van der Waals surface area contributed by atoms with Gasteiger partial charge in [-0.25, -0.2) is 17.9 Å². The van der Waals surface area contributed by atoms with Gasteiger partial charge in [0.2, 0.25) is 10.0 Å². The predicted molar refractivity (Wildman–Crippen MR) is 94.9 cm³/mol. The molecule has 0 heterocycles. The molecule has 0 amide bonds. The van der Waals surface area contributed by atoms with Gasteiger partial charge in [-0.15, -0.1) is 0 Å². The van der Waals surface area contributed by atoms with Crippen molar-refractivity contribution < 1.29 is 23.1 Å². The number of benzene rings is 2. The number of hydrogen-bond donors (Lipinski definition) is 3. The van der Waals surface area contributed by atoms with Crippen LogP contribution in [0, 0.1) is 0 Å². The Kier molecular flexibility index (Phi) is 6.00. The lowest BCUT2D eigenvalue weighted by Crippen LogP contribution is -2.20. The molecule has 0 saturated heterocycles. The number of rotatable bonds is 8. The van der Waals surface area contributed by atoms with Gasteiger partial charge in [-0.2, -0.15) is 0 Å². The zero-order valence-electron chi connectivity index (χ0n) is 13.9. The first-order chi connectivity index (χ1) is 11.9. The van der Waals surface area contributed by atoms with E-state index in [4.69, 9.17) is 4.74 Å². The Morgan fingerprint density at radius 2 is 1.88 bits per heavy atom.